The zero-order chi connectivity index (χ0) is 31.0. The second-order valence-corrected chi connectivity index (χ2v) is 11.8. The fourth-order valence-electron chi connectivity index (χ4n) is 6.22. The number of unbranched alkanes of at least 4 members (excludes halogenated alkanes) is 1. The fraction of sp³-hybridized carbons (Fsp3) is 0.314. The van der Waals surface area contributed by atoms with Crippen LogP contribution in [0.4, 0.5) is 5.69 Å². The molecule has 2 aliphatic heterocycles. The van der Waals surface area contributed by atoms with E-state index >= 15 is 0 Å². The molecule has 1 amide bonds. The summed E-state index contributed by atoms with van der Waals surface area (Å²) in [5.41, 5.74) is 3.11. The third-order valence-corrected chi connectivity index (χ3v) is 9.23. The van der Waals surface area contributed by atoms with Crippen molar-refractivity contribution in [2.45, 2.75) is 52.5 Å². The van der Waals surface area contributed by atoms with Crippen LogP contribution in [-0.2, 0) is 14.3 Å². The number of aromatic nitrogens is 1. The van der Waals surface area contributed by atoms with Crippen LogP contribution in [0.2, 0.25) is 0 Å². The van der Waals surface area contributed by atoms with E-state index in [4.69, 9.17) is 14.5 Å². The molecule has 0 radical (unpaired) electrons. The Labute approximate surface area is 259 Å². The monoisotopic (exact) mass is 609 g/mol. The van der Waals surface area contributed by atoms with Gasteiger partial charge >= 0.3 is 5.97 Å². The maximum Gasteiger partial charge on any atom is 0.338 e. The normalized spacial score (nSPS) is 17.0. The number of rotatable bonds is 9. The molecule has 8 nitrogen and oxygen atoms in total. The number of allylic oxidation sites excluding steroid dienone is 1. The molecule has 0 unspecified atom stereocenters. The molecule has 0 fully saturated rings. The third-order valence-electron chi connectivity index (χ3n) is 8.18. The second-order valence-electron chi connectivity index (χ2n) is 10.8. The SMILES string of the molecule is CCCCN1C(=O)/C(=c2/sc3n(c2=O)[C@H](c2c(OC)ccc4ccccc24)C(C(=O)OCC)=C(CCC)N=3)c2ccccc21. The van der Waals surface area contributed by atoms with E-state index in [0.29, 0.717) is 50.5 Å². The Morgan fingerprint density at radius 1 is 0.977 bits per heavy atom. The lowest BCUT2D eigenvalue weighted by Gasteiger charge is -2.28. The first-order valence-corrected chi connectivity index (χ1v) is 16.0. The maximum absolute atomic E-state index is 14.7. The Kier molecular flexibility index (Phi) is 8.23. The van der Waals surface area contributed by atoms with E-state index in [1.807, 2.05) is 67.6 Å². The summed E-state index contributed by atoms with van der Waals surface area (Å²) >= 11 is 1.20. The Morgan fingerprint density at radius 2 is 1.75 bits per heavy atom. The molecule has 1 atom stereocenters. The van der Waals surface area contributed by atoms with Crippen molar-refractivity contribution in [3.8, 4) is 5.75 Å². The molecule has 0 saturated heterocycles. The van der Waals surface area contributed by atoms with Crippen LogP contribution in [0, 0.1) is 0 Å². The molecule has 1 aromatic heterocycles. The Morgan fingerprint density at radius 3 is 2.50 bits per heavy atom. The number of benzene rings is 3. The molecule has 2 aliphatic rings. The number of carbonyl (C=O) groups excluding carboxylic acids is 2. The van der Waals surface area contributed by atoms with Gasteiger partial charge in [-0.1, -0.05) is 86.6 Å². The van der Waals surface area contributed by atoms with Gasteiger partial charge in [-0.15, -0.1) is 0 Å². The van der Waals surface area contributed by atoms with Crippen LogP contribution in [0.25, 0.3) is 16.3 Å². The lowest BCUT2D eigenvalue weighted by atomic mass is 9.90. The summed E-state index contributed by atoms with van der Waals surface area (Å²) in [6, 6.07) is 18.4. The molecule has 44 heavy (non-hydrogen) atoms. The van der Waals surface area contributed by atoms with Crippen molar-refractivity contribution in [3.05, 3.63) is 103 Å². The minimum atomic E-state index is -0.870. The molecule has 0 N–H and O–H groups in total. The van der Waals surface area contributed by atoms with Crippen molar-refractivity contribution in [2.75, 3.05) is 25.2 Å². The molecule has 6 rings (SSSR count). The van der Waals surface area contributed by atoms with Gasteiger partial charge in [0.05, 0.1) is 36.2 Å². The fourth-order valence-corrected chi connectivity index (χ4v) is 7.33. The van der Waals surface area contributed by atoms with Crippen molar-refractivity contribution in [2.24, 2.45) is 4.99 Å². The van der Waals surface area contributed by atoms with E-state index in [1.54, 1.807) is 23.5 Å². The first kappa shape index (κ1) is 29.6. The Bertz CT molecular complexity index is 2000. The van der Waals surface area contributed by atoms with Gasteiger partial charge in [-0.25, -0.2) is 9.79 Å². The number of amides is 1. The number of hydrogen-bond acceptors (Lipinski definition) is 7. The molecule has 9 heteroatoms. The standard InChI is InChI=1S/C35H35N3O5S/c1-5-8-20-37-25-17-12-11-16-23(25)28(32(37)39)31-33(40)38-30(27-22-15-10-9-14-21(22)18-19-26(27)42-4)29(34(41)43-7-3)24(13-6-2)36-35(38)44-31/h9-12,14-19,30H,5-8,13,20H2,1-4H3/b31-28+/t30-/m1/s1. The summed E-state index contributed by atoms with van der Waals surface area (Å²) in [6.07, 6.45) is 3.04. The van der Waals surface area contributed by atoms with Crippen LogP contribution in [0.15, 0.2) is 81.7 Å². The lowest BCUT2D eigenvalue weighted by Crippen LogP contribution is -2.41. The molecule has 0 aliphatic carbocycles. The highest BCUT2D eigenvalue weighted by molar-refractivity contribution is 7.07. The van der Waals surface area contributed by atoms with E-state index < -0.39 is 12.0 Å². The number of esters is 1. The molecule has 4 aromatic rings. The van der Waals surface area contributed by atoms with Crippen molar-refractivity contribution >= 4 is 45.2 Å². The van der Waals surface area contributed by atoms with Gasteiger partial charge in [0.15, 0.2) is 4.80 Å². The van der Waals surface area contributed by atoms with Crippen molar-refractivity contribution in [3.63, 3.8) is 0 Å². The maximum atomic E-state index is 14.7. The summed E-state index contributed by atoms with van der Waals surface area (Å²) < 4.78 is 13.4. The molecule has 0 saturated carbocycles. The number of hydrogen-bond donors (Lipinski definition) is 0. The zero-order valence-corrected chi connectivity index (χ0v) is 26.2. The topological polar surface area (TPSA) is 90.2 Å². The van der Waals surface area contributed by atoms with Gasteiger partial charge in [-0.3, -0.25) is 14.2 Å². The largest absolute Gasteiger partial charge is 0.496 e. The van der Waals surface area contributed by atoms with Crippen molar-refractivity contribution in [1.29, 1.82) is 0 Å². The predicted octanol–water partition coefficient (Wildman–Crippen LogP) is 5.26. The average molecular weight is 610 g/mol. The van der Waals surface area contributed by atoms with Crippen LogP contribution >= 0.6 is 11.3 Å². The minimum Gasteiger partial charge on any atom is -0.496 e. The molecular formula is C35H35N3O5S. The second kappa shape index (κ2) is 12.2. The number of nitrogens with zero attached hydrogens (tertiary/aromatic N) is 3. The number of ether oxygens (including phenoxy) is 2. The molecular weight excluding hydrogens is 574 g/mol. The van der Waals surface area contributed by atoms with Gasteiger partial charge in [0.1, 0.15) is 16.3 Å². The Balaban J connectivity index is 1.72. The van der Waals surface area contributed by atoms with E-state index in [0.717, 1.165) is 41.3 Å². The quantitative estimate of drug-likeness (QED) is 0.242. The number of para-hydroxylation sites is 1. The molecule has 226 valence electrons. The third kappa shape index (κ3) is 4.76. The number of fused-ring (bicyclic) bond motifs is 3. The van der Waals surface area contributed by atoms with E-state index in [1.165, 1.54) is 11.3 Å². The van der Waals surface area contributed by atoms with E-state index in [-0.39, 0.29) is 18.1 Å². The number of methoxy groups -OCH3 is 1. The highest BCUT2D eigenvalue weighted by atomic mass is 32.1. The minimum absolute atomic E-state index is 0.175. The van der Waals surface area contributed by atoms with Crippen LogP contribution in [0.5, 0.6) is 5.75 Å². The van der Waals surface area contributed by atoms with Crippen LogP contribution in [0.1, 0.15) is 63.6 Å². The first-order chi connectivity index (χ1) is 21.4. The smallest absolute Gasteiger partial charge is 0.338 e. The van der Waals surface area contributed by atoms with Crippen LogP contribution in [0.3, 0.4) is 0 Å². The number of anilines is 1. The molecule has 3 heterocycles. The van der Waals surface area contributed by atoms with Gasteiger partial charge < -0.3 is 14.4 Å². The summed E-state index contributed by atoms with van der Waals surface area (Å²) in [5.74, 6) is -0.173. The summed E-state index contributed by atoms with van der Waals surface area (Å²) in [5, 5.41) is 1.79. The summed E-state index contributed by atoms with van der Waals surface area (Å²) in [7, 11) is 1.58. The van der Waals surface area contributed by atoms with Gasteiger partial charge in [-0.2, -0.15) is 0 Å². The van der Waals surface area contributed by atoms with Crippen LogP contribution < -0.4 is 24.5 Å². The van der Waals surface area contributed by atoms with Gasteiger partial charge in [-0.05, 0) is 42.7 Å². The van der Waals surface area contributed by atoms with Gasteiger partial charge in [0.2, 0.25) is 0 Å². The average Bonchev–Trinajstić information content (AvgIpc) is 3.50. The van der Waals surface area contributed by atoms with Gasteiger partial charge in [0.25, 0.3) is 11.5 Å². The first-order valence-electron chi connectivity index (χ1n) is 15.2. The molecule has 3 aromatic carbocycles. The summed E-state index contributed by atoms with van der Waals surface area (Å²) in [4.78, 5) is 49.6. The highest BCUT2D eigenvalue weighted by Gasteiger charge is 2.39. The van der Waals surface area contributed by atoms with Crippen molar-refractivity contribution < 1.29 is 19.1 Å². The lowest BCUT2D eigenvalue weighted by molar-refractivity contribution is -0.139. The number of carbonyl (C=O) groups is 2. The van der Waals surface area contributed by atoms with E-state index in [2.05, 4.69) is 6.92 Å². The predicted molar refractivity (Wildman–Crippen MR) is 173 cm³/mol. The zero-order valence-electron chi connectivity index (χ0n) is 25.4. The van der Waals surface area contributed by atoms with E-state index in [9.17, 15) is 14.4 Å². The molecule has 0 bridgehead atoms. The highest BCUT2D eigenvalue weighted by Crippen LogP contribution is 2.41. The van der Waals surface area contributed by atoms with Crippen molar-refractivity contribution in [1.82, 2.24) is 4.57 Å². The molecule has 0 spiro atoms. The number of thiazole rings is 1. The summed E-state index contributed by atoms with van der Waals surface area (Å²) in [6.45, 7) is 6.61. The Hall–Kier alpha value is -4.50. The van der Waals surface area contributed by atoms with Gasteiger partial charge in [0, 0.05) is 17.7 Å². The van der Waals surface area contributed by atoms with Crippen LogP contribution in [-0.4, -0.2) is 36.7 Å².